The van der Waals surface area contributed by atoms with Crippen molar-refractivity contribution in [2.45, 2.75) is 32.4 Å². The predicted octanol–water partition coefficient (Wildman–Crippen LogP) is 2.08. The van der Waals surface area contributed by atoms with Gasteiger partial charge in [0.05, 0.1) is 0 Å². The van der Waals surface area contributed by atoms with Crippen LogP contribution in [0.15, 0.2) is 11.6 Å². The quantitative estimate of drug-likeness (QED) is 0.790. The molecule has 0 fully saturated rings. The molecule has 0 aromatic heterocycles. The van der Waals surface area contributed by atoms with E-state index in [1.807, 2.05) is 0 Å². The molecule has 0 saturated heterocycles. The van der Waals surface area contributed by atoms with Gasteiger partial charge in [0.25, 0.3) is 0 Å². The van der Waals surface area contributed by atoms with Crippen molar-refractivity contribution < 1.29 is 18.0 Å². The molecular formula is C12H19F3N2O. The van der Waals surface area contributed by atoms with Crippen LogP contribution in [-0.4, -0.2) is 36.6 Å². The SMILES string of the molecule is CC(CCCN)C(=O)N1CC=C(C(F)(F)F)CC1. The monoisotopic (exact) mass is 264 g/mol. The van der Waals surface area contributed by atoms with Crippen molar-refractivity contribution in [3.8, 4) is 0 Å². The third kappa shape index (κ3) is 4.01. The number of halogens is 3. The minimum absolute atomic E-state index is 0.0562. The number of amides is 1. The molecule has 1 aliphatic heterocycles. The van der Waals surface area contributed by atoms with Crippen LogP contribution in [0.1, 0.15) is 26.2 Å². The van der Waals surface area contributed by atoms with Crippen LogP contribution in [0.5, 0.6) is 0 Å². The summed E-state index contributed by atoms with van der Waals surface area (Å²) in [4.78, 5) is 13.4. The highest BCUT2D eigenvalue weighted by atomic mass is 19.4. The minimum atomic E-state index is -4.26. The van der Waals surface area contributed by atoms with Crippen molar-refractivity contribution in [3.63, 3.8) is 0 Å². The summed E-state index contributed by atoms with van der Waals surface area (Å²) in [5.41, 5.74) is 4.84. The Balaban J connectivity index is 2.52. The lowest BCUT2D eigenvalue weighted by molar-refractivity contribution is -0.136. The zero-order valence-corrected chi connectivity index (χ0v) is 10.5. The second kappa shape index (κ2) is 6.22. The van der Waals surface area contributed by atoms with Gasteiger partial charge in [0.1, 0.15) is 0 Å². The van der Waals surface area contributed by atoms with Crippen molar-refractivity contribution in [1.82, 2.24) is 4.90 Å². The number of carbonyl (C=O) groups excluding carboxylic acids is 1. The molecule has 1 rings (SSSR count). The van der Waals surface area contributed by atoms with Crippen molar-refractivity contribution in [2.75, 3.05) is 19.6 Å². The van der Waals surface area contributed by atoms with Crippen LogP contribution in [0.4, 0.5) is 13.2 Å². The Morgan fingerprint density at radius 2 is 2.22 bits per heavy atom. The molecule has 1 unspecified atom stereocenters. The number of alkyl halides is 3. The Hall–Kier alpha value is -1.04. The molecule has 1 heterocycles. The largest absolute Gasteiger partial charge is 0.412 e. The summed E-state index contributed by atoms with van der Waals surface area (Å²) >= 11 is 0. The van der Waals surface area contributed by atoms with Crippen molar-refractivity contribution >= 4 is 5.91 Å². The van der Waals surface area contributed by atoms with Gasteiger partial charge in [0, 0.05) is 24.6 Å². The number of hydrogen-bond acceptors (Lipinski definition) is 2. The third-order valence-corrected chi connectivity index (χ3v) is 3.15. The highest BCUT2D eigenvalue weighted by Gasteiger charge is 2.35. The molecule has 0 bridgehead atoms. The van der Waals surface area contributed by atoms with Crippen molar-refractivity contribution in [1.29, 1.82) is 0 Å². The molecule has 1 aliphatic rings. The molecule has 2 N–H and O–H groups in total. The fraction of sp³-hybridized carbons (Fsp3) is 0.750. The van der Waals surface area contributed by atoms with Crippen LogP contribution in [0.25, 0.3) is 0 Å². The summed E-state index contributed by atoms with van der Waals surface area (Å²) in [5.74, 6) is -0.254. The van der Waals surface area contributed by atoms with Crippen molar-refractivity contribution in [2.24, 2.45) is 11.7 Å². The molecule has 0 aliphatic carbocycles. The average molecular weight is 264 g/mol. The third-order valence-electron chi connectivity index (χ3n) is 3.15. The second-order valence-electron chi connectivity index (χ2n) is 4.59. The Morgan fingerprint density at radius 3 is 2.67 bits per heavy atom. The molecular weight excluding hydrogens is 245 g/mol. The Kier molecular flexibility index (Phi) is 5.19. The molecule has 18 heavy (non-hydrogen) atoms. The number of nitrogens with two attached hydrogens (primary N) is 1. The minimum Gasteiger partial charge on any atom is -0.338 e. The van der Waals surface area contributed by atoms with Gasteiger partial charge in [-0.1, -0.05) is 13.0 Å². The zero-order valence-electron chi connectivity index (χ0n) is 10.5. The molecule has 0 spiro atoms. The van der Waals surface area contributed by atoms with E-state index in [4.69, 9.17) is 5.73 Å². The standard InChI is InChI=1S/C12H19F3N2O/c1-9(3-2-6-16)11(18)17-7-4-10(5-8-17)12(13,14)15/h4,9H,2-3,5-8,16H2,1H3. The highest BCUT2D eigenvalue weighted by molar-refractivity contribution is 5.78. The number of carbonyl (C=O) groups is 1. The van der Waals surface area contributed by atoms with Crippen LogP contribution in [0, 0.1) is 5.92 Å². The molecule has 0 aromatic carbocycles. The summed E-state index contributed by atoms with van der Waals surface area (Å²) in [7, 11) is 0. The normalized spacial score (nSPS) is 18.5. The Bertz CT molecular complexity index is 326. The first kappa shape index (κ1) is 15.0. The van der Waals surface area contributed by atoms with E-state index in [9.17, 15) is 18.0 Å². The van der Waals surface area contributed by atoms with E-state index in [-0.39, 0.29) is 31.3 Å². The molecule has 6 heteroatoms. The van der Waals surface area contributed by atoms with E-state index < -0.39 is 11.7 Å². The first-order chi connectivity index (χ1) is 8.36. The molecule has 1 atom stereocenters. The predicted molar refractivity (Wildman–Crippen MR) is 62.8 cm³/mol. The fourth-order valence-electron chi connectivity index (χ4n) is 1.99. The zero-order chi connectivity index (χ0) is 13.8. The lowest BCUT2D eigenvalue weighted by Crippen LogP contribution is -2.39. The number of rotatable bonds is 4. The van der Waals surface area contributed by atoms with E-state index in [1.54, 1.807) is 6.92 Å². The molecule has 3 nitrogen and oxygen atoms in total. The molecule has 0 radical (unpaired) electrons. The van der Waals surface area contributed by atoms with Gasteiger partial charge < -0.3 is 10.6 Å². The Morgan fingerprint density at radius 1 is 1.56 bits per heavy atom. The lowest BCUT2D eigenvalue weighted by atomic mass is 10.0. The van der Waals surface area contributed by atoms with Gasteiger partial charge in [-0.2, -0.15) is 13.2 Å². The lowest BCUT2D eigenvalue weighted by Gasteiger charge is -2.29. The van der Waals surface area contributed by atoms with E-state index in [1.165, 1.54) is 4.90 Å². The van der Waals surface area contributed by atoms with Crippen LogP contribution in [0.3, 0.4) is 0 Å². The van der Waals surface area contributed by atoms with Gasteiger partial charge in [0.2, 0.25) is 5.91 Å². The summed E-state index contributed by atoms with van der Waals surface area (Å²) < 4.78 is 37.2. The highest BCUT2D eigenvalue weighted by Crippen LogP contribution is 2.30. The van der Waals surface area contributed by atoms with Gasteiger partial charge in [0.15, 0.2) is 0 Å². The summed E-state index contributed by atoms with van der Waals surface area (Å²) in [6.45, 7) is 2.52. The fourth-order valence-corrected chi connectivity index (χ4v) is 1.99. The van der Waals surface area contributed by atoms with E-state index >= 15 is 0 Å². The van der Waals surface area contributed by atoms with Gasteiger partial charge in [-0.3, -0.25) is 4.79 Å². The van der Waals surface area contributed by atoms with Gasteiger partial charge >= 0.3 is 6.18 Å². The molecule has 0 saturated carbocycles. The van der Waals surface area contributed by atoms with Gasteiger partial charge in [-0.25, -0.2) is 0 Å². The average Bonchev–Trinajstić information content (AvgIpc) is 2.34. The smallest absolute Gasteiger partial charge is 0.338 e. The Labute approximate surface area is 105 Å². The summed E-state index contributed by atoms with van der Waals surface area (Å²) in [5, 5.41) is 0. The van der Waals surface area contributed by atoms with E-state index in [2.05, 4.69) is 0 Å². The topological polar surface area (TPSA) is 46.3 Å². The maximum atomic E-state index is 12.4. The second-order valence-corrected chi connectivity index (χ2v) is 4.59. The summed E-state index contributed by atoms with van der Waals surface area (Å²) in [6, 6.07) is 0. The number of nitrogens with zero attached hydrogens (tertiary/aromatic N) is 1. The van der Waals surface area contributed by atoms with Crippen LogP contribution in [0.2, 0.25) is 0 Å². The van der Waals surface area contributed by atoms with Gasteiger partial charge in [-0.05, 0) is 25.8 Å². The van der Waals surface area contributed by atoms with Gasteiger partial charge in [-0.15, -0.1) is 0 Å². The maximum Gasteiger partial charge on any atom is 0.412 e. The molecule has 0 aromatic rings. The van der Waals surface area contributed by atoms with E-state index in [0.717, 1.165) is 12.5 Å². The first-order valence-electron chi connectivity index (χ1n) is 6.11. The van der Waals surface area contributed by atoms with Crippen LogP contribution >= 0.6 is 0 Å². The number of hydrogen-bond donors (Lipinski definition) is 1. The molecule has 104 valence electrons. The van der Waals surface area contributed by atoms with Crippen LogP contribution < -0.4 is 5.73 Å². The van der Waals surface area contributed by atoms with E-state index in [0.29, 0.717) is 13.0 Å². The van der Waals surface area contributed by atoms with Crippen molar-refractivity contribution in [3.05, 3.63) is 11.6 Å². The van der Waals surface area contributed by atoms with Crippen LogP contribution in [-0.2, 0) is 4.79 Å². The first-order valence-corrected chi connectivity index (χ1v) is 6.11. The summed E-state index contributed by atoms with van der Waals surface area (Å²) in [6.07, 6.45) is -1.83. The maximum absolute atomic E-state index is 12.4. The molecule has 1 amide bonds.